The summed E-state index contributed by atoms with van der Waals surface area (Å²) < 4.78 is 9.49. The van der Waals surface area contributed by atoms with Gasteiger partial charge in [-0.15, -0.1) is 22.7 Å². The molecule has 0 saturated carbocycles. The van der Waals surface area contributed by atoms with Crippen LogP contribution in [-0.2, 0) is 36.7 Å². The van der Waals surface area contributed by atoms with Gasteiger partial charge in [-0.3, -0.25) is 19.7 Å². The molecule has 0 atom stereocenters. The fourth-order valence-corrected chi connectivity index (χ4v) is 3.38. The summed E-state index contributed by atoms with van der Waals surface area (Å²) in [7, 11) is 1.30. The van der Waals surface area contributed by atoms with E-state index in [0.717, 1.165) is 6.42 Å². The van der Waals surface area contributed by atoms with Crippen molar-refractivity contribution < 1.29 is 23.9 Å². The molecule has 7 nitrogen and oxygen atoms in total. The quantitative estimate of drug-likeness (QED) is 0.670. The monoisotopic (exact) mass is 382 g/mol. The standard InChI is InChI=1S/C16H18N2O5S2/c1-22-15(21)8-11-10-25-16(17-11)18-13(19)9-23-14(20)6-2-4-12-5-3-7-24-12/h3,5,7,10H,2,4,6,8-9H2,1H3,(H,17,18,19). The molecule has 2 rings (SSSR count). The fraction of sp³-hybridized carbons (Fsp3) is 0.375. The Labute approximate surface area is 153 Å². The molecule has 2 aromatic rings. The molecule has 0 unspecified atom stereocenters. The summed E-state index contributed by atoms with van der Waals surface area (Å²) in [5.41, 5.74) is 0.512. The Morgan fingerprint density at radius 3 is 2.80 bits per heavy atom. The Morgan fingerprint density at radius 2 is 2.08 bits per heavy atom. The number of aryl methyl sites for hydroxylation is 1. The number of carbonyl (C=O) groups excluding carboxylic acids is 3. The van der Waals surface area contributed by atoms with Crippen LogP contribution in [0.1, 0.15) is 23.4 Å². The van der Waals surface area contributed by atoms with E-state index in [4.69, 9.17) is 4.74 Å². The summed E-state index contributed by atoms with van der Waals surface area (Å²) in [5, 5.41) is 6.52. The Morgan fingerprint density at radius 1 is 1.24 bits per heavy atom. The van der Waals surface area contributed by atoms with Crippen molar-refractivity contribution in [2.75, 3.05) is 19.0 Å². The highest BCUT2D eigenvalue weighted by atomic mass is 32.1. The maximum absolute atomic E-state index is 11.8. The van der Waals surface area contributed by atoms with Crippen LogP contribution in [0, 0.1) is 0 Å². The van der Waals surface area contributed by atoms with Gasteiger partial charge < -0.3 is 9.47 Å². The lowest BCUT2D eigenvalue weighted by Gasteiger charge is -2.04. The van der Waals surface area contributed by atoms with Crippen LogP contribution in [0.2, 0.25) is 0 Å². The van der Waals surface area contributed by atoms with Gasteiger partial charge in [0.25, 0.3) is 5.91 Å². The molecule has 0 radical (unpaired) electrons. The summed E-state index contributed by atoms with van der Waals surface area (Å²) in [5.74, 6) is -1.28. The first-order chi connectivity index (χ1) is 12.1. The van der Waals surface area contributed by atoms with Crippen LogP contribution in [-0.4, -0.2) is 36.5 Å². The number of thiophene rings is 1. The first-order valence-electron chi connectivity index (χ1n) is 7.56. The largest absolute Gasteiger partial charge is 0.469 e. The lowest BCUT2D eigenvalue weighted by Crippen LogP contribution is -2.20. The van der Waals surface area contributed by atoms with Gasteiger partial charge in [-0.1, -0.05) is 6.07 Å². The number of nitrogens with zero attached hydrogens (tertiary/aromatic N) is 1. The Balaban J connectivity index is 1.64. The Bertz CT molecular complexity index is 712. The van der Waals surface area contributed by atoms with Gasteiger partial charge in [-0.05, 0) is 24.3 Å². The van der Waals surface area contributed by atoms with E-state index in [9.17, 15) is 14.4 Å². The van der Waals surface area contributed by atoms with E-state index in [1.807, 2.05) is 17.5 Å². The third-order valence-corrected chi connectivity index (χ3v) is 4.84. The van der Waals surface area contributed by atoms with Crippen LogP contribution in [0.5, 0.6) is 0 Å². The zero-order chi connectivity index (χ0) is 18.1. The molecular formula is C16H18N2O5S2. The van der Waals surface area contributed by atoms with Crippen molar-refractivity contribution in [3.63, 3.8) is 0 Å². The van der Waals surface area contributed by atoms with Crippen molar-refractivity contribution in [3.8, 4) is 0 Å². The van der Waals surface area contributed by atoms with Crippen LogP contribution >= 0.6 is 22.7 Å². The number of hydrogen-bond donors (Lipinski definition) is 1. The van der Waals surface area contributed by atoms with Gasteiger partial charge in [-0.25, -0.2) is 4.98 Å². The molecule has 25 heavy (non-hydrogen) atoms. The zero-order valence-corrected chi connectivity index (χ0v) is 15.3. The summed E-state index contributed by atoms with van der Waals surface area (Å²) in [6, 6.07) is 3.99. The molecule has 2 heterocycles. The highest BCUT2D eigenvalue weighted by molar-refractivity contribution is 7.14. The Hall–Kier alpha value is -2.26. The van der Waals surface area contributed by atoms with Crippen LogP contribution in [0.25, 0.3) is 0 Å². The van der Waals surface area contributed by atoms with Gasteiger partial charge in [0.15, 0.2) is 11.7 Å². The molecular weight excluding hydrogens is 364 g/mol. The lowest BCUT2D eigenvalue weighted by atomic mass is 10.2. The minimum absolute atomic E-state index is 0.0437. The summed E-state index contributed by atoms with van der Waals surface area (Å²) in [6.07, 6.45) is 1.82. The lowest BCUT2D eigenvalue weighted by molar-refractivity contribution is -0.147. The predicted molar refractivity (Wildman–Crippen MR) is 94.7 cm³/mol. The number of anilines is 1. The molecule has 0 spiro atoms. The molecule has 1 amide bonds. The molecule has 0 aliphatic heterocycles. The van der Waals surface area contributed by atoms with E-state index in [2.05, 4.69) is 15.0 Å². The SMILES string of the molecule is COC(=O)Cc1csc(NC(=O)COC(=O)CCCc2cccs2)n1. The first-order valence-corrected chi connectivity index (χ1v) is 9.32. The van der Waals surface area contributed by atoms with E-state index in [-0.39, 0.29) is 19.4 Å². The topological polar surface area (TPSA) is 94.6 Å². The predicted octanol–water partition coefficient (Wildman–Crippen LogP) is 2.42. The second kappa shape index (κ2) is 9.90. The van der Waals surface area contributed by atoms with Gasteiger partial charge in [0.1, 0.15) is 0 Å². The molecule has 0 bridgehead atoms. The minimum Gasteiger partial charge on any atom is -0.469 e. The van der Waals surface area contributed by atoms with Crippen LogP contribution in [0.3, 0.4) is 0 Å². The summed E-state index contributed by atoms with van der Waals surface area (Å²) >= 11 is 2.84. The molecule has 1 N–H and O–H groups in total. The number of hydrogen-bond acceptors (Lipinski definition) is 8. The van der Waals surface area contributed by atoms with Crippen molar-refractivity contribution in [2.24, 2.45) is 0 Å². The highest BCUT2D eigenvalue weighted by Crippen LogP contribution is 2.16. The van der Waals surface area contributed by atoms with E-state index < -0.39 is 17.8 Å². The number of aromatic nitrogens is 1. The molecule has 0 fully saturated rings. The summed E-state index contributed by atoms with van der Waals surface area (Å²) in [6.45, 7) is -0.357. The third-order valence-electron chi connectivity index (χ3n) is 3.10. The maximum Gasteiger partial charge on any atom is 0.311 e. The average Bonchev–Trinajstić information content (AvgIpc) is 3.25. The van der Waals surface area contributed by atoms with Crippen molar-refractivity contribution in [1.82, 2.24) is 4.98 Å². The van der Waals surface area contributed by atoms with Gasteiger partial charge in [0, 0.05) is 16.7 Å². The second-order valence-corrected chi connectivity index (χ2v) is 6.93. The van der Waals surface area contributed by atoms with Gasteiger partial charge in [-0.2, -0.15) is 0 Å². The van der Waals surface area contributed by atoms with Crippen molar-refractivity contribution in [1.29, 1.82) is 0 Å². The number of amides is 1. The first kappa shape index (κ1) is 19.1. The number of carbonyl (C=O) groups is 3. The van der Waals surface area contributed by atoms with Gasteiger partial charge in [0.2, 0.25) is 0 Å². The van der Waals surface area contributed by atoms with E-state index in [0.29, 0.717) is 17.2 Å². The molecule has 0 aliphatic carbocycles. The van der Waals surface area contributed by atoms with Crippen molar-refractivity contribution >= 4 is 45.7 Å². The van der Waals surface area contributed by atoms with Gasteiger partial charge in [0.05, 0.1) is 19.2 Å². The minimum atomic E-state index is -0.467. The molecule has 134 valence electrons. The molecule has 0 aliphatic rings. The smallest absolute Gasteiger partial charge is 0.311 e. The second-order valence-electron chi connectivity index (χ2n) is 5.04. The van der Waals surface area contributed by atoms with Crippen LogP contribution in [0.4, 0.5) is 5.13 Å². The number of rotatable bonds is 9. The molecule has 0 saturated heterocycles. The average molecular weight is 382 g/mol. The number of nitrogens with one attached hydrogen (secondary N) is 1. The molecule has 0 aromatic carbocycles. The number of ether oxygens (including phenoxy) is 2. The maximum atomic E-state index is 11.8. The highest BCUT2D eigenvalue weighted by Gasteiger charge is 2.12. The van der Waals surface area contributed by atoms with Crippen molar-refractivity contribution in [2.45, 2.75) is 25.7 Å². The molecule has 2 aromatic heterocycles. The van der Waals surface area contributed by atoms with Crippen LogP contribution < -0.4 is 5.32 Å². The summed E-state index contributed by atoms with van der Waals surface area (Å²) in [4.78, 5) is 39.8. The number of esters is 2. The fourth-order valence-electron chi connectivity index (χ4n) is 1.90. The van der Waals surface area contributed by atoms with E-state index >= 15 is 0 Å². The Kier molecular flexibility index (Phi) is 7.55. The number of thiazole rings is 1. The molecule has 9 heteroatoms. The van der Waals surface area contributed by atoms with E-state index in [1.54, 1.807) is 16.7 Å². The van der Waals surface area contributed by atoms with Crippen LogP contribution in [0.15, 0.2) is 22.9 Å². The third kappa shape index (κ3) is 7.02. The zero-order valence-electron chi connectivity index (χ0n) is 13.6. The van der Waals surface area contributed by atoms with E-state index in [1.165, 1.54) is 23.3 Å². The number of methoxy groups -OCH3 is 1. The normalized spacial score (nSPS) is 10.3. The van der Waals surface area contributed by atoms with Gasteiger partial charge >= 0.3 is 11.9 Å². The van der Waals surface area contributed by atoms with Crippen molar-refractivity contribution in [3.05, 3.63) is 33.5 Å².